The topological polar surface area (TPSA) is 54.5 Å². The summed E-state index contributed by atoms with van der Waals surface area (Å²) >= 11 is 0. The van der Waals surface area contributed by atoms with E-state index in [0.29, 0.717) is 11.6 Å². The lowest BCUT2D eigenvalue weighted by molar-refractivity contribution is 0.0989. The van der Waals surface area contributed by atoms with Gasteiger partial charge in [-0.15, -0.1) is 0 Å². The van der Waals surface area contributed by atoms with Crippen LogP contribution in [0.15, 0.2) is 48.8 Å². The van der Waals surface area contributed by atoms with Gasteiger partial charge in [0.2, 0.25) is 0 Å². The van der Waals surface area contributed by atoms with Crippen molar-refractivity contribution in [3.8, 4) is 0 Å². The third kappa shape index (κ3) is 3.26. The average Bonchev–Trinajstić information content (AvgIpc) is 2.57. The van der Waals surface area contributed by atoms with Gasteiger partial charge in [0.25, 0.3) is 5.91 Å². The van der Waals surface area contributed by atoms with Gasteiger partial charge in [0.05, 0.1) is 18.8 Å². The lowest BCUT2D eigenvalue weighted by Gasteiger charge is -2.35. The molecular formula is C17H19N3O2. The molecule has 2 heterocycles. The van der Waals surface area contributed by atoms with Crippen LogP contribution in [0.3, 0.4) is 0 Å². The van der Waals surface area contributed by atoms with Gasteiger partial charge in [0, 0.05) is 36.4 Å². The molecule has 3 rings (SSSR count). The molecular weight excluding hydrogens is 278 g/mol. The molecule has 5 heteroatoms. The zero-order valence-corrected chi connectivity index (χ0v) is 12.5. The van der Waals surface area contributed by atoms with E-state index in [4.69, 9.17) is 4.74 Å². The summed E-state index contributed by atoms with van der Waals surface area (Å²) in [5, 5.41) is 2.88. The zero-order valence-electron chi connectivity index (χ0n) is 12.5. The second-order valence-electron chi connectivity index (χ2n) is 5.36. The van der Waals surface area contributed by atoms with Gasteiger partial charge in [-0.2, -0.15) is 0 Å². The summed E-state index contributed by atoms with van der Waals surface area (Å²) in [6.07, 6.45) is 3.20. The molecule has 0 saturated carbocycles. The van der Waals surface area contributed by atoms with Crippen LogP contribution in [0.25, 0.3) is 0 Å². The van der Waals surface area contributed by atoms with Gasteiger partial charge in [-0.1, -0.05) is 0 Å². The number of nitrogens with zero attached hydrogens (tertiary/aromatic N) is 2. The Balaban J connectivity index is 1.68. The normalized spacial score (nSPS) is 18.0. The maximum atomic E-state index is 12.1. The maximum Gasteiger partial charge on any atom is 0.257 e. The van der Waals surface area contributed by atoms with Crippen LogP contribution in [-0.2, 0) is 4.74 Å². The van der Waals surface area contributed by atoms with Crippen LogP contribution in [0.4, 0.5) is 11.4 Å². The minimum atomic E-state index is -0.152. The van der Waals surface area contributed by atoms with Crippen molar-refractivity contribution < 1.29 is 9.53 Å². The smallest absolute Gasteiger partial charge is 0.257 e. The molecule has 2 aromatic rings. The van der Waals surface area contributed by atoms with Crippen molar-refractivity contribution in [3.05, 3.63) is 54.4 Å². The van der Waals surface area contributed by atoms with E-state index in [0.717, 1.165) is 31.1 Å². The molecule has 1 aliphatic heterocycles. The highest BCUT2D eigenvalue weighted by molar-refractivity contribution is 6.04. The number of amides is 1. The Morgan fingerprint density at radius 1 is 1.32 bits per heavy atom. The molecule has 0 spiro atoms. The van der Waals surface area contributed by atoms with Crippen molar-refractivity contribution in [2.75, 3.05) is 30.0 Å². The van der Waals surface area contributed by atoms with Gasteiger partial charge >= 0.3 is 0 Å². The van der Waals surface area contributed by atoms with Crippen LogP contribution in [0.1, 0.15) is 17.3 Å². The minimum absolute atomic E-state index is 0.152. The number of ether oxygens (including phenoxy) is 1. The first-order valence-electron chi connectivity index (χ1n) is 7.40. The van der Waals surface area contributed by atoms with Gasteiger partial charge in [0.15, 0.2) is 0 Å². The fourth-order valence-corrected chi connectivity index (χ4v) is 2.55. The molecule has 114 valence electrons. The van der Waals surface area contributed by atoms with Gasteiger partial charge in [-0.3, -0.25) is 9.78 Å². The van der Waals surface area contributed by atoms with Crippen molar-refractivity contribution in [1.29, 1.82) is 0 Å². The first kappa shape index (κ1) is 14.5. The lowest BCUT2D eigenvalue weighted by atomic mass is 10.2. The highest BCUT2D eigenvalue weighted by atomic mass is 16.5. The van der Waals surface area contributed by atoms with Crippen LogP contribution in [0.2, 0.25) is 0 Å². The highest BCUT2D eigenvalue weighted by Crippen LogP contribution is 2.22. The number of rotatable bonds is 3. The number of hydrogen-bond donors (Lipinski definition) is 1. The largest absolute Gasteiger partial charge is 0.377 e. The number of hydrogen-bond acceptors (Lipinski definition) is 4. The van der Waals surface area contributed by atoms with Crippen LogP contribution in [0.5, 0.6) is 0 Å². The Kier molecular flexibility index (Phi) is 4.34. The number of nitrogens with one attached hydrogen (secondary N) is 1. The number of morpholine rings is 1. The number of carbonyl (C=O) groups excluding carboxylic acids is 1. The molecule has 1 amide bonds. The van der Waals surface area contributed by atoms with Gasteiger partial charge < -0.3 is 15.0 Å². The average molecular weight is 297 g/mol. The molecule has 5 nitrogen and oxygen atoms in total. The van der Waals surface area contributed by atoms with Crippen LogP contribution >= 0.6 is 0 Å². The van der Waals surface area contributed by atoms with Crippen LogP contribution < -0.4 is 10.2 Å². The first-order chi connectivity index (χ1) is 10.7. The van der Waals surface area contributed by atoms with E-state index in [9.17, 15) is 4.79 Å². The molecule has 1 atom stereocenters. The lowest BCUT2D eigenvalue weighted by Crippen LogP contribution is -2.43. The molecule has 1 unspecified atom stereocenters. The van der Waals surface area contributed by atoms with E-state index in [1.807, 2.05) is 24.3 Å². The predicted octanol–water partition coefficient (Wildman–Crippen LogP) is 2.56. The van der Waals surface area contributed by atoms with Crippen LogP contribution in [0, 0.1) is 0 Å². The summed E-state index contributed by atoms with van der Waals surface area (Å²) < 4.78 is 5.45. The number of aromatic nitrogens is 1. The Labute approximate surface area is 129 Å². The second kappa shape index (κ2) is 6.58. The van der Waals surface area contributed by atoms with E-state index in [-0.39, 0.29) is 5.91 Å². The molecule has 22 heavy (non-hydrogen) atoms. The zero-order chi connectivity index (χ0) is 15.4. The molecule has 1 aromatic heterocycles. The molecule has 0 bridgehead atoms. The Morgan fingerprint density at radius 2 is 2.14 bits per heavy atom. The molecule has 1 N–H and O–H groups in total. The van der Waals surface area contributed by atoms with Crippen LogP contribution in [-0.4, -0.2) is 36.7 Å². The molecule has 1 saturated heterocycles. The van der Waals surface area contributed by atoms with E-state index < -0.39 is 0 Å². The number of pyridine rings is 1. The molecule has 1 aromatic carbocycles. The summed E-state index contributed by atoms with van der Waals surface area (Å²) in [7, 11) is 0. The summed E-state index contributed by atoms with van der Waals surface area (Å²) in [5.74, 6) is -0.152. The van der Waals surface area contributed by atoms with E-state index >= 15 is 0 Å². The van der Waals surface area contributed by atoms with Gasteiger partial charge in [0.1, 0.15) is 0 Å². The predicted molar refractivity (Wildman–Crippen MR) is 86.3 cm³/mol. The van der Waals surface area contributed by atoms with Crippen molar-refractivity contribution in [2.24, 2.45) is 0 Å². The fourth-order valence-electron chi connectivity index (χ4n) is 2.55. The SMILES string of the molecule is CC1COCCN1c1ccc(NC(=O)c2cccnc2)cc1. The Hall–Kier alpha value is -2.40. The van der Waals surface area contributed by atoms with Crippen molar-refractivity contribution >= 4 is 17.3 Å². The Morgan fingerprint density at radius 3 is 2.82 bits per heavy atom. The number of carbonyl (C=O) groups is 1. The molecule has 1 fully saturated rings. The van der Waals surface area contributed by atoms with E-state index in [1.54, 1.807) is 24.5 Å². The fraction of sp³-hybridized carbons (Fsp3) is 0.294. The molecule has 0 aliphatic carbocycles. The molecule has 0 radical (unpaired) electrons. The van der Waals surface area contributed by atoms with Gasteiger partial charge in [-0.25, -0.2) is 0 Å². The Bertz CT molecular complexity index is 628. The minimum Gasteiger partial charge on any atom is -0.377 e. The standard InChI is InChI=1S/C17H19N3O2/c1-13-12-22-10-9-20(13)16-6-4-15(5-7-16)19-17(21)14-3-2-8-18-11-14/h2-8,11,13H,9-10,12H2,1H3,(H,19,21). The van der Waals surface area contributed by atoms with Crippen molar-refractivity contribution in [2.45, 2.75) is 13.0 Å². The second-order valence-corrected chi connectivity index (χ2v) is 5.36. The first-order valence-corrected chi connectivity index (χ1v) is 7.40. The van der Waals surface area contributed by atoms with Crippen molar-refractivity contribution in [3.63, 3.8) is 0 Å². The highest BCUT2D eigenvalue weighted by Gasteiger charge is 2.18. The number of anilines is 2. The molecule has 1 aliphatic rings. The van der Waals surface area contributed by atoms with Crippen molar-refractivity contribution in [1.82, 2.24) is 4.98 Å². The summed E-state index contributed by atoms with van der Waals surface area (Å²) in [5.41, 5.74) is 2.47. The summed E-state index contributed by atoms with van der Waals surface area (Å²) in [6, 6.07) is 11.8. The third-order valence-electron chi connectivity index (χ3n) is 3.75. The quantitative estimate of drug-likeness (QED) is 0.946. The monoisotopic (exact) mass is 297 g/mol. The van der Waals surface area contributed by atoms with Gasteiger partial charge in [-0.05, 0) is 43.3 Å². The summed E-state index contributed by atoms with van der Waals surface area (Å²) in [4.78, 5) is 18.3. The number of benzene rings is 1. The summed E-state index contributed by atoms with van der Waals surface area (Å²) in [6.45, 7) is 4.54. The van der Waals surface area contributed by atoms with E-state index in [1.165, 1.54) is 0 Å². The van der Waals surface area contributed by atoms with E-state index in [2.05, 4.69) is 22.1 Å². The maximum absolute atomic E-state index is 12.1. The third-order valence-corrected chi connectivity index (χ3v) is 3.75.